The van der Waals surface area contributed by atoms with Crippen molar-refractivity contribution in [1.82, 2.24) is 20.1 Å². The maximum absolute atomic E-state index is 13.3. The van der Waals surface area contributed by atoms with Crippen molar-refractivity contribution in [3.05, 3.63) is 36.0 Å². The molecular weight excluding hydrogens is 404 g/mol. The van der Waals surface area contributed by atoms with Gasteiger partial charge in [0, 0.05) is 63.0 Å². The van der Waals surface area contributed by atoms with E-state index in [1.807, 2.05) is 35.4 Å². The maximum atomic E-state index is 13.3. The van der Waals surface area contributed by atoms with E-state index in [9.17, 15) is 14.4 Å². The molecule has 2 N–H and O–H groups in total. The Morgan fingerprint density at radius 1 is 1.06 bits per heavy atom. The van der Waals surface area contributed by atoms with Crippen LogP contribution < -0.4 is 5.32 Å². The van der Waals surface area contributed by atoms with Gasteiger partial charge in [0.15, 0.2) is 0 Å². The predicted molar refractivity (Wildman–Crippen MR) is 124 cm³/mol. The van der Waals surface area contributed by atoms with Crippen molar-refractivity contribution < 1.29 is 14.4 Å². The van der Waals surface area contributed by atoms with Gasteiger partial charge in [0.25, 0.3) is 0 Å². The van der Waals surface area contributed by atoms with Crippen molar-refractivity contribution in [1.29, 1.82) is 0 Å². The first kappa shape index (κ1) is 22.4. The molecular formula is C25H34N4O3. The number of hydrogen-bond acceptors (Lipinski definition) is 3. The molecule has 4 rings (SSSR count). The molecule has 0 bridgehead atoms. The van der Waals surface area contributed by atoms with Crippen molar-refractivity contribution in [2.75, 3.05) is 26.2 Å². The van der Waals surface area contributed by atoms with Gasteiger partial charge < -0.3 is 20.1 Å². The van der Waals surface area contributed by atoms with Crippen LogP contribution in [-0.2, 0) is 20.8 Å². The van der Waals surface area contributed by atoms with Gasteiger partial charge in [0.1, 0.15) is 6.04 Å². The molecule has 7 nitrogen and oxygen atoms in total. The highest BCUT2D eigenvalue weighted by Crippen LogP contribution is 2.28. The van der Waals surface area contributed by atoms with Crippen molar-refractivity contribution in [2.24, 2.45) is 5.92 Å². The monoisotopic (exact) mass is 438 g/mol. The third-order valence-electron chi connectivity index (χ3n) is 6.96. The fourth-order valence-corrected chi connectivity index (χ4v) is 5.15. The second-order valence-corrected chi connectivity index (χ2v) is 9.21. The number of carbonyl (C=O) groups is 3. The van der Waals surface area contributed by atoms with Crippen LogP contribution >= 0.6 is 0 Å². The largest absolute Gasteiger partial charge is 0.361 e. The Labute approximate surface area is 189 Å². The molecule has 1 aromatic carbocycles. The van der Waals surface area contributed by atoms with E-state index in [0.29, 0.717) is 44.9 Å². The summed E-state index contributed by atoms with van der Waals surface area (Å²) >= 11 is 0. The second-order valence-electron chi connectivity index (χ2n) is 9.21. The number of amides is 3. The first-order valence-corrected chi connectivity index (χ1v) is 11.9. The summed E-state index contributed by atoms with van der Waals surface area (Å²) in [5.41, 5.74) is 2.02. The quantitative estimate of drug-likeness (QED) is 0.697. The summed E-state index contributed by atoms with van der Waals surface area (Å²) in [5, 5.41) is 3.90. The molecule has 2 aliphatic rings. The Bertz CT molecular complexity index is 955. The van der Waals surface area contributed by atoms with Crippen LogP contribution in [-0.4, -0.2) is 64.7 Å². The molecule has 1 saturated heterocycles. The molecule has 2 aromatic rings. The summed E-state index contributed by atoms with van der Waals surface area (Å²) < 4.78 is 0. The lowest BCUT2D eigenvalue weighted by Gasteiger charge is -2.36. The SMILES string of the molecule is CC(=O)N[C@H](Cc1c[nH]c2ccccc12)C(=O)N1CCN(C(=O)CCC2CCCC2)CC1. The van der Waals surface area contributed by atoms with Crippen LogP contribution in [0.4, 0.5) is 0 Å². The lowest BCUT2D eigenvalue weighted by molar-refractivity contribution is -0.141. The molecule has 2 heterocycles. The van der Waals surface area contributed by atoms with Gasteiger partial charge in [-0.3, -0.25) is 14.4 Å². The van der Waals surface area contributed by atoms with Gasteiger partial charge in [0.2, 0.25) is 17.7 Å². The normalized spacial score (nSPS) is 18.2. The van der Waals surface area contributed by atoms with E-state index in [-0.39, 0.29) is 17.7 Å². The minimum Gasteiger partial charge on any atom is -0.361 e. The van der Waals surface area contributed by atoms with Crippen LogP contribution in [0.25, 0.3) is 10.9 Å². The zero-order chi connectivity index (χ0) is 22.5. The lowest BCUT2D eigenvalue weighted by atomic mass is 10.0. The van der Waals surface area contributed by atoms with Crippen LogP contribution in [0, 0.1) is 5.92 Å². The second kappa shape index (κ2) is 10.2. The zero-order valence-electron chi connectivity index (χ0n) is 18.9. The fourth-order valence-electron chi connectivity index (χ4n) is 5.15. The summed E-state index contributed by atoms with van der Waals surface area (Å²) in [5.74, 6) is 0.624. The highest BCUT2D eigenvalue weighted by Gasteiger charge is 2.30. The van der Waals surface area contributed by atoms with Crippen LogP contribution in [0.1, 0.15) is 51.0 Å². The minimum absolute atomic E-state index is 0.0801. The van der Waals surface area contributed by atoms with Gasteiger partial charge >= 0.3 is 0 Å². The van der Waals surface area contributed by atoms with Crippen LogP contribution in [0.3, 0.4) is 0 Å². The molecule has 0 spiro atoms. The number of aromatic nitrogens is 1. The third kappa shape index (κ3) is 5.31. The van der Waals surface area contributed by atoms with E-state index in [0.717, 1.165) is 22.9 Å². The molecule has 1 aliphatic carbocycles. The van der Waals surface area contributed by atoms with Gasteiger partial charge in [-0.1, -0.05) is 43.9 Å². The fraction of sp³-hybridized carbons (Fsp3) is 0.560. The van der Waals surface area contributed by atoms with E-state index >= 15 is 0 Å². The van der Waals surface area contributed by atoms with Gasteiger partial charge in [-0.2, -0.15) is 0 Å². The molecule has 1 atom stereocenters. The summed E-state index contributed by atoms with van der Waals surface area (Å²) in [6.07, 6.45) is 9.08. The standard InChI is InChI=1S/C25H34N4O3/c1-18(30)27-23(16-20-17-26-22-9-5-4-8-21(20)22)25(32)29-14-12-28(13-15-29)24(31)11-10-19-6-2-3-7-19/h4-5,8-9,17,19,23,26H,2-3,6-7,10-16H2,1H3,(H,27,30)/t23-/m1/s1. The summed E-state index contributed by atoms with van der Waals surface area (Å²) in [4.78, 5) is 44.6. The molecule has 1 aliphatic heterocycles. The Hall–Kier alpha value is -2.83. The third-order valence-corrected chi connectivity index (χ3v) is 6.96. The smallest absolute Gasteiger partial charge is 0.245 e. The van der Waals surface area contributed by atoms with Crippen molar-refractivity contribution in [2.45, 2.75) is 57.9 Å². The van der Waals surface area contributed by atoms with Crippen LogP contribution in [0.2, 0.25) is 0 Å². The van der Waals surface area contributed by atoms with E-state index in [1.165, 1.54) is 32.6 Å². The molecule has 1 saturated carbocycles. The Balaban J connectivity index is 1.33. The van der Waals surface area contributed by atoms with Gasteiger partial charge in [-0.15, -0.1) is 0 Å². The number of carbonyl (C=O) groups excluding carboxylic acids is 3. The number of para-hydroxylation sites is 1. The number of aromatic amines is 1. The van der Waals surface area contributed by atoms with E-state index < -0.39 is 6.04 Å². The Morgan fingerprint density at radius 3 is 2.47 bits per heavy atom. The number of nitrogens with zero attached hydrogens (tertiary/aromatic N) is 2. The van der Waals surface area contributed by atoms with Crippen molar-refractivity contribution in [3.8, 4) is 0 Å². The topological polar surface area (TPSA) is 85.5 Å². The Morgan fingerprint density at radius 2 is 1.75 bits per heavy atom. The van der Waals surface area contributed by atoms with E-state index in [1.54, 1.807) is 4.90 Å². The molecule has 0 radical (unpaired) electrons. The highest BCUT2D eigenvalue weighted by atomic mass is 16.2. The Kier molecular flexibility index (Phi) is 7.12. The first-order valence-electron chi connectivity index (χ1n) is 11.9. The van der Waals surface area contributed by atoms with Gasteiger partial charge in [-0.05, 0) is 24.0 Å². The molecule has 1 aromatic heterocycles. The molecule has 172 valence electrons. The zero-order valence-corrected chi connectivity index (χ0v) is 18.9. The number of nitrogens with one attached hydrogen (secondary N) is 2. The number of fused-ring (bicyclic) bond motifs is 1. The van der Waals surface area contributed by atoms with Crippen LogP contribution in [0.5, 0.6) is 0 Å². The van der Waals surface area contributed by atoms with Crippen molar-refractivity contribution in [3.63, 3.8) is 0 Å². The first-order chi connectivity index (χ1) is 15.5. The number of hydrogen-bond donors (Lipinski definition) is 2. The van der Waals surface area contributed by atoms with Gasteiger partial charge in [-0.25, -0.2) is 0 Å². The number of piperazine rings is 1. The van der Waals surface area contributed by atoms with E-state index in [2.05, 4.69) is 10.3 Å². The van der Waals surface area contributed by atoms with Crippen LogP contribution in [0.15, 0.2) is 30.5 Å². The number of H-pyrrole nitrogens is 1. The summed E-state index contributed by atoms with van der Waals surface area (Å²) in [6, 6.07) is 7.34. The summed E-state index contributed by atoms with van der Waals surface area (Å²) in [6.45, 7) is 3.59. The molecule has 2 fully saturated rings. The summed E-state index contributed by atoms with van der Waals surface area (Å²) in [7, 11) is 0. The average Bonchev–Trinajstić information content (AvgIpc) is 3.47. The predicted octanol–water partition coefficient (Wildman–Crippen LogP) is 2.86. The van der Waals surface area contributed by atoms with Crippen molar-refractivity contribution >= 4 is 28.6 Å². The van der Waals surface area contributed by atoms with Gasteiger partial charge in [0.05, 0.1) is 0 Å². The highest BCUT2D eigenvalue weighted by molar-refractivity contribution is 5.89. The molecule has 7 heteroatoms. The maximum Gasteiger partial charge on any atom is 0.245 e. The van der Waals surface area contributed by atoms with E-state index in [4.69, 9.17) is 0 Å². The average molecular weight is 439 g/mol. The molecule has 0 unspecified atom stereocenters. The number of benzene rings is 1. The molecule has 3 amide bonds. The minimum atomic E-state index is -0.615. The number of rotatable bonds is 7. The molecule has 32 heavy (non-hydrogen) atoms. The lowest BCUT2D eigenvalue weighted by Crippen LogP contribution is -2.56.